The molecule has 0 N–H and O–H groups in total. The summed E-state index contributed by atoms with van der Waals surface area (Å²) in [6.07, 6.45) is 1.79. The summed E-state index contributed by atoms with van der Waals surface area (Å²) >= 11 is 0. The molecular weight excluding hydrogens is 317 g/mol. The van der Waals surface area contributed by atoms with Crippen molar-refractivity contribution >= 4 is 11.7 Å². The van der Waals surface area contributed by atoms with Gasteiger partial charge < -0.3 is 9.80 Å². The van der Waals surface area contributed by atoms with E-state index in [2.05, 4.69) is 9.88 Å². The third kappa shape index (κ3) is 3.98. The lowest BCUT2D eigenvalue weighted by Gasteiger charge is -2.37. The Balaban J connectivity index is 1.68. The first kappa shape index (κ1) is 17.4. The smallest absolute Gasteiger partial charge is 0.230 e. The molecule has 1 unspecified atom stereocenters. The van der Waals surface area contributed by atoms with E-state index in [0.717, 1.165) is 24.5 Å². The van der Waals surface area contributed by atoms with Crippen LogP contribution in [0.3, 0.4) is 0 Å². The van der Waals surface area contributed by atoms with Gasteiger partial charge in [0.15, 0.2) is 0 Å². The van der Waals surface area contributed by atoms with Gasteiger partial charge in [0.1, 0.15) is 11.6 Å². The van der Waals surface area contributed by atoms with E-state index in [9.17, 15) is 9.18 Å². The number of amides is 1. The van der Waals surface area contributed by atoms with E-state index in [1.165, 1.54) is 12.1 Å². The standard InChI is InChI=1S/C20H24FN3O/c1-15(2)19(16-6-8-17(21)9-7-16)20(25)24-13-11-23(12-14-24)18-5-3-4-10-22-18/h3-10,15,19H,11-14H2,1-2H3. The molecule has 0 spiro atoms. The van der Waals surface area contributed by atoms with Gasteiger partial charge in [0.25, 0.3) is 0 Å². The fourth-order valence-electron chi connectivity index (χ4n) is 3.38. The molecule has 5 heteroatoms. The molecular formula is C20H24FN3O. The highest BCUT2D eigenvalue weighted by molar-refractivity contribution is 5.84. The van der Waals surface area contributed by atoms with Crippen molar-refractivity contribution in [1.82, 2.24) is 9.88 Å². The number of aromatic nitrogens is 1. The number of hydrogen-bond acceptors (Lipinski definition) is 3. The van der Waals surface area contributed by atoms with E-state index in [4.69, 9.17) is 0 Å². The van der Waals surface area contributed by atoms with Crippen LogP contribution in [0.1, 0.15) is 25.3 Å². The van der Waals surface area contributed by atoms with E-state index in [-0.39, 0.29) is 23.6 Å². The van der Waals surface area contributed by atoms with E-state index < -0.39 is 0 Å². The summed E-state index contributed by atoms with van der Waals surface area (Å²) < 4.78 is 13.2. The monoisotopic (exact) mass is 341 g/mol. The number of hydrogen-bond donors (Lipinski definition) is 0. The number of pyridine rings is 1. The van der Waals surface area contributed by atoms with Gasteiger partial charge >= 0.3 is 0 Å². The molecule has 4 nitrogen and oxygen atoms in total. The van der Waals surface area contributed by atoms with Crippen molar-refractivity contribution in [2.24, 2.45) is 5.92 Å². The lowest BCUT2D eigenvalue weighted by molar-refractivity contribution is -0.134. The molecule has 0 bridgehead atoms. The predicted octanol–water partition coefficient (Wildman–Crippen LogP) is 3.31. The average molecular weight is 341 g/mol. The molecule has 1 fully saturated rings. The number of carbonyl (C=O) groups is 1. The van der Waals surface area contributed by atoms with Crippen LogP contribution < -0.4 is 4.90 Å². The van der Waals surface area contributed by atoms with Gasteiger partial charge in [0, 0.05) is 32.4 Å². The number of piperazine rings is 1. The van der Waals surface area contributed by atoms with Crippen molar-refractivity contribution in [2.75, 3.05) is 31.1 Å². The number of carbonyl (C=O) groups excluding carboxylic acids is 1. The van der Waals surface area contributed by atoms with Crippen LogP contribution in [0.15, 0.2) is 48.7 Å². The van der Waals surface area contributed by atoms with Crippen LogP contribution in [-0.4, -0.2) is 42.0 Å². The Kier molecular flexibility index (Phi) is 5.31. The Bertz CT molecular complexity index is 695. The van der Waals surface area contributed by atoms with E-state index in [0.29, 0.717) is 13.1 Å². The zero-order valence-corrected chi connectivity index (χ0v) is 14.7. The highest BCUT2D eigenvalue weighted by Crippen LogP contribution is 2.28. The van der Waals surface area contributed by atoms with E-state index in [1.54, 1.807) is 18.3 Å². The zero-order chi connectivity index (χ0) is 17.8. The van der Waals surface area contributed by atoms with Gasteiger partial charge in [-0.2, -0.15) is 0 Å². The second kappa shape index (κ2) is 7.64. The third-order valence-corrected chi connectivity index (χ3v) is 4.73. The molecule has 1 amide bonds. The number of rotatable bonds is 4. The largest absolute Gasteiger partial charge is 0.353 e. The molecule has 132 valence electrons. The molecule has 3 rings (SSSR count). The predicted molar refractivity (Wildman–Crippen MR) is 97.0 cm³/mol. The average Bonchev–Trinajstić information content (AvgIpc) is 2.64. The minimum Gasteiger partial charge on any atom is -0.353 e. The summed E-state index contributed by atoms with van der Waals surface area (Å²) in [5.74, 6) is 0.729. The highest BCUT2D eigenvalue weighted by Gasteiger charge is 2.30. The van der Waals surface area contributed by atoms with Crippen molar-refractivity contribution in [1.29, 1.82) is 0 Å². The molecule has 0 radical (unpaired) electrons. The molecule has 0 saturated carbocycles. The van der Waals surface area contributed by atoms with Crippen molar-refractivity contribution in [3.63, 3.8) is 0 Å². The molecule has 1 aliphatic heterocycles. The molecule has 1 aromatic heterocycles. The van der Waals surface area contributed by atoms with E-state index in [1.807, 2.05) is 36.9 Å². The summed E-state index contributed by atoms with van der Waals surface area (Å²) in [6, 6.07) is 12.2. The van der Waals surface area contributed by atoms with Gasteiger partial charge in [-0.1, -0.05) is 32.0 Å². The maximum absolute atomic E-state index is 13.2. The normalized spacial score (nSPS) is 16.2. The quantitative estimate of drug-likeness (QED) is 0.856. The van der Waals surface area contributed by atoms with Crippen LogP contribution in [-0.2, 0) is 4.79 Å². The summed E-state index contributed by atoms with van der Waals surface area (Å²) in [6.45, 7) is 6.99. The second-order valence-corrected chi connectivity index (χ2v) is 6.77. The first-order valence-electron chi connectivity index (χ1n) is 8.76. The van der Waals surface area contributed by atoms with Crippen molar-refractivity contribution in [2.45, 2.75) is 19.8 Å². The summed E-state index contributed by atoms with van der Waals surface area (Å²) in [7, 11) is 0. The number of anilines is 1. The first-order valence-corrected chi connectivity index (χ1v) is 8.76. The second-order valence-electron chi connectivity index (χ2n) is 6.77. The van der Waals surface area contributed by atoms with Gasteiger partial charge in [0.05, 0.1) is 5.92 Å². The lowest BCUT2D eigenvalue weighted by atomic mass is 9.87. The molecule has 1 aliphatic rings. The molecule has 1 saturated heterocycles. The molecule has 1 aromatic carbocycles. The molecule has 25 heavy (non-hydrogen) atoms. The topological polar surface area (TPSA) is 36.4 Å². The minimum atomic E-state index is -0.275. The van der Waals surface area contributed by atoms with Crippen LogP contribution in [0.2, 0.25) is 0 Å². The first-order chi connectivity index (χ1) is 12.1. The van der Waals surface area contributed by atoms with Crippen LogP contribution in [0.4, 0.5) is 10.2 Å². The summed E-state index contributed by atoms with van der Waals surface area (Å²) in [5.41, 5.74) is 0.883. The van der Waals surface area contributed by atoms with Crippen LogP contribution >= 0.6 is 0 Å². The number of benzene rings is 1. The Morgan fingerprint density at radius 1 is 1.04 bits per heavy atom. The summed E-state index contributed by atoms with van der Waals surface area (Å²) in [4.78, 5) is 21.6. The van der Waals surface area contributed by atoms with Crippen LogP contribution in [0, 0.1) is 11.7 Å². The van der Waals surface area contributed by atoms with E-state index >= 15 is 0 Å². The van der Waals surface area contributed by atoms with Gasteiger partial charge in [-0.25, -0.2) is 9.37 Å². The molecule has 1 atom stereocenters. The highest BCUT2D eigenvalue weighted by atomic mass is 19.1. The summed E-state index contributed by atoms with van der Waals surface area (Å²) in [5, 5.41) is 0. The zero-order valence-electron chi connectivity index (χ0n) is 14.7. The van der Waals surface area contributed by atoms with Gasteiger partial charge in [-0.05, 0) is 35.7 Å². The Labute approximate surface area is 148 Å². The van der Waals surface area contributed by atoms with Gasteiger partial charge in [0.2, 0.25) is 5.91 Å². The Morgan fingerprint density at radius 2 is 1.72 bits per heavy atom. The number of halogens is 1. The fourth-order valence-corrected chi connectivity index (χ4v) is 3.38. The SMILES string of the molecule is CC(C)C(C(=O)N1CCN(c2ccccn2)CC1)c1ccc(F)cc1. The maximum Gasteiger partial charge on any atom is 0.230 e. The van der Waals surface area contributed by atoms with Gasteiger partial charge in [-0.15, -0.1) is 0 Å². The minimum absolute atomic E-state index is 0.127. The van der Waals surface area contributed by atoms with Crippen molar-refractivity contribution < 1.29 is 9.18 Å². The molecule has 0 aliphatic carbocycles. The van der Waals surface area contributed by atoms with Crippen LogP contribution in [0.5, 0.6) is 0 Å². The maximum atomic E-state index is 13.2. The Morgan fingerprint density at radius 3 is 2.28 bits per heavy atom. The Hall–Kier alpha value is -2.43. The third-order valence-electron chi connectivity index (χ3n) is 4.73. The van der Waals surface area contributed by atoms with Crippen LogP contribution in [0.25, 0.3) is 0 Å². The lowest BCUT2D eigenvalue weighted by Crippen LogP contribution is -2.50. The van der Waals surface area contributed by atoms with Crippen molar-refractivity contribution in [3.05, 3.63) is 60.0 Å². The molecule has 2 heterocycles. The van der Waals surface area contributed by atoms with Crippen molar-refractivity contribution in [3.8, 4) is 0 Å². The fraction of sp³-hybridized carbons (Fsp3) is 0.400. The van der Waals surface area contributed by atoms with Gasteiger partial charge in [-0.3, -0.25) is 4.79 Å². The number of nitrogens with zero attached hydrogens (tertiary/aromatic N) is 3. The molecule has 2 aromatic rings.